The molecule has 258 valence electrons. The summed E-state index contributed by atoms with van der Waals surface area (Å²) in [5, 5.41) is 0. The van der Waals surface area contributed by atoms with Gasteiger partial charge in [-0.05, 0) is 53.9 Å². The highest BCUT2D eigenvalue weighted by molar-refractivity contribution is 6.73. The Kier molecular flexibility index (Phi) is 22.5. The Morgan fingerprint density at radius 2 is 1.17 bits per heavy atom. The average molecular weight is 649 g/mol. The van der Waals surface area contributed by atoms with Gasteiger partial charge < -0.3 is 9.16 Å². The summed E-state index contributed by atoms with van der Waals surface area (Å²) >= 11 is 0. The molecule has 2 rings (SSSR count). The lowest BCUT2D eigenvalue weighted by molar-refractivity contribution is -0.116. The molecule has 0 aromatic heterocycles. The Labute approximate surface area is 285 Å². The zero-order chi connectivity index (χ0) is 33.1. The van der Waals surface area contributed by atoms with E-state index in [1.807, 2.05) is 48.5 Å². The molecule has 0 bridgehead atoms. The van der Waals surface area contributed by atoms with E-state index in [0.29, 0.717) is 13.0 Å². The van der Waals surface area contributed by atoms with Crippen molar-refractivity contribution in [3.8, 4) is 5.75 Å². The molecule has 46 heavy (non-hydrogen) atoms. The van der Waals surface area contributed by atoms with E-state index in [2.05, 4.69) is 39.8 Å². The Hall–Kier alpha value is -2.17. The van der Waals surface area contributed by atoms with Crippen molar-refractivity contribution in [3.63, 3.8) is 0 Å². The molecular formula is C42H68O3Si. The van der Waals surface area contributed by atoms with Crippen LogP contribution in [0.5, 0.6) is 5.75 Å². The Morgan fingerprint density at radius 1 is 0.652 bits per heavy atom. The van der Waals surface area contributed by atoms with Gasteiger partial charge in [-0.3, -0.25) is 4.79 Å². The predicted molar refractivity (Wildman–Crippen MR) is 202 cm³/mol. The molecule has 1 atom stereocenters. The van der Waals surface area contributed by atoms with E-state index in [0.717, 1.165) is 23.3 Å². The van der Waals surface area contributed by atoms with Gasteiger partial charge in [0.1, 0.15) is 12.4 Å². The Morgan fingerprint density at radius 3 is 1.70 bits per heavy atom. The first-order valence-electron chi connectivity index (χ1n) is 19.2. The second-order valence-corrected chi connectivity index (χ2v) is 17.7. The molecule has 0 N–H and O–H groups in total. The van der Waals surface area contributed by atoms with Crippen LogP contribution >= 0.6 is 0 Å². The number of allylic oxidation sites excluding steroid dienone is 1. The lowest BCUT2D eigenvalue weighted by Gasteiger charge is -2.35. The van der Waals surface area contributed by atoms with Crippen LogP contribution in [-0.2, 0) is 15.8 Å². The van der Waals surface area contributed by atoms with Gasteiger partial charge in [0.25, 0.3) is 0 Å². The first-order chi connectivity index (χ1) is 22.5. The monoisotopic (exact) mass is 648 g/mol. The van der Waals surface area contributed by atoms with Crippen LogP contribution in [0, 0.1) is 0 Å². The number of carbonyl (C=O) groups excluding carboxylic acids is 1. The van der Waals surface area contributed by atoms with E-state index in [1.54, 1.807) is 6.08 Å². The first kappa shape index (κ1) is 40.0. The fourth-order valence-electron chi connectivity index (χ4n) is 6.76. The number of hydrogen-bond donors (Lipinski definition) is 0. The van der Waals surface area contributed by atoms with Gasteiger partial charge in [-0.2, -0.15) is 0 Å². The summed E-state index contributed by atoms with van der Waals surface area (Å²) in [4.78, 5) is 13.3. The maximum absolute atomic E-state index is 13.3. The van der Waals surface area contributed by atoms with Crippen molar-refractivity contribution in [1.82, 2.24) is 0 Å². The van der Waals surface area contributed by atoms with Crippen LogP contribution < -0.4 is 4.74 Å². The number of hydrogen-bond acceptors (Lipinski definition) is 3. The zero-order valence-corrected chi connectivity index (χ0v) is 31.2. The summed E-state index contributed by atoms with van der Waals surface area (Å²) in [6.45, 7) is 9.72. The molecule has 0 fully saturated rings. The van der Waals surface area contributed by atoms with E-state index >= 15 is 0 Å². The average Bonchev–Trinajstić information content (AvgIpc) is 3.06. The molecular weight excluding hydrogens is 581 g/mol. The highest BCUT2D eigenvalue weighted by Gasteiger charge is 2.35. The molecule has 0 aliphatic rings. The van der Waals surface area contributed by atoms with E-state index in [-0.39, 0.29) is 11.9 Å². The molecule has 0 spiro atoms. The van der Waals surface area contributed by atoms with Gasteiger partial charge in [0.05, 0.1) is 6.10 Å². The lowest BCUT2D eigenvalue weighted by atomic mass is 10.0. The fraction of sp³-hybridized carbons (Fsp3) is 0.643. The van der Waals surface area contributed by atoms with Crippen molar-refractivity contribution in [1.29, 1.82) is 0 Å². The van der Waals surface area contributed by atoms with E-state index < -0.39 is 8.32 Å². The summed E-state index contributed by atoms with van der Waals surface area (Å²) in [7, 11) is -1.85. The second-order valence-electron chi connectivity index (χ2n) is 13.6. The quantitative estimate of drug-likeness (QED) is 0.0500. The van der Waals surface area contributed by atoms with Crippen molar-refractivity contribution >= 4 is 20.2 Å². The van der Waals surface area contributed by atoms with Gasteiger partial charge in [0, 0.05) is 6.42 Å². The molecule has 4 heteroatoms. The smallest absolute Gasteiger partial charge is 0.193 e. The fourth-order valence-corrected chi connectivity index (χ4v) is 11.5. The van der Waals surface area contributed by atoms with Gasteiger partial charge in [-0.25, -0.2) is 0 Å². The number of ketones is 1. The summed E-state index contributed by atoms with van der Waals surface area (Å²) in [6.07, 6.45) is 26.5. The third kappa shape index (κ3) is 18.2. The van der Waals surface area contributed by atoms with Gasteiger partial charge in [0.2, 0.25) is 0 Å². The predicted octanol–water partition coefficient (Wildman–Crippen LogP) is 13.3. The van der Waals surface area contributed by atoms with Crippen LogP contribution in [0.2, 0.25) is 18.1 Å². The van der Waals surface area contributed by atoms with E-state index in [4.69, 9.17) is 9.16 Å². The zero-order valence-electron chi connectivity index (χ0n) is 30.2. The van der Waals surface area contributed by atoms with Crippen LogP contribution in [0.3, 0.4) is 0 Å². The van der Waals surface area contributed by atoms with Crippen LogP contribution in [0.4, 0.5) is 0 Å². The molecule has 2 aromatic rings. The summed E-state index contributed by atoms with van der Waals surface area (Å²) in [6, 6.07) is 21.8. The Bertz CT molecular complexity index is 1020. The summed E-state index contributed by atoms with van der Waals surface area (Å²) < 4.78 is 13.1. The van der Waals surface area contributed by atoms with Crippen LogP contribution in [0.15, 0.2) is 60.7 Å². The summed E-state index contributed by atoms with van der Waals surface area (Å²) in [5.41, 5.74) is 2.16. The molecule has 0 amide bonds. The molecule has 0 aliphatic carbocycles. The number of carbonyl (C=O) groups is 1. The van der Waals surface area contributed by atoms with Crippen molar-refractivity contribution in [3.05, 3.63) is 71.8 Å². The molecule has 0 aliphatic heterocycles. The SMILES string of the molecule is CCCCCCCCCCCCCCC[C@H](CC(=O)/C=C/c1ccc(OCc2ccccc2)cc1)O[Si](CCC)(CCC)CCC. The molecule has 0 saturated heterocycles. The Balaban J connectivity index is 1.85. The molecule has 0 unspecified atom stereocenters. The van der Waals surface area contributed by atoms with E-state index in [9.17, 15) is 4.79 Å². The number of rotatable bonds is 29. The van der Waals surface area contributed by atoms with Crippen LogP contribution in [-0.4, -0.2) is 20.2 Å². The molecule has 2 aromatic carbocycles. The highest BCUT2D eigenvalue weighted by Crippen LogP contribution is 2.31. The van der Waals surface area contributed by atoms with Crippen LogP contribution in [0.25, 0.3) is 6.08 Å². The molecule has 0 radical (unpaired) electrons. The maximum Gasteiger partial charge on any atom is 0.193 e. The standard InChI is InChI=1S/C42H68O3Si/c1-5-9-10-11-12-13-14-15-16-17-18-19-23-26-42(45-46(33-6-2,34-7-3)35-8-4)36-40(43)30-27-38-28-31-41(32-29-38)44-37-39-24-21-20-22-25-39/h20-22,24-25,27-32,42H,5-19,23,26,33-37H2,1-4H3/b30-27+/t42-/m1/s1. The largest absolute Gasteiger partial charge is 0.489 e. The van der Waals surface area contributed by atoms with Crippen molar-refractivity contribution in [2.24, 2.45) is 0 Å². The third-order valence-electron chi connectivity index (χ3n) is 9.18. The van der Waals surface area contributed by atoms with E-state index in [1.165, 1.54) is 121 Å². The molecule has 3 nitrogen and oxygen atoms in total. The number of ether oxygens (including phenoxy) is 1. The molecule has 0 saturated carbocycles. The van der Waals surface area contributed by atoms with Crippen LogP contribution in [0.1, 0.15) is 154 Å². The second kappa shape index (κ2) is 25.9. The number of benzene rings is 2. The van der Waals surface area contributed by atoms with Crippen molar-refractivity contribution < 1.29 is 14.0 Å². The third-order valence-corrected chi connectivity index (χ3v) is 14.2. The first-order valence-corrected chi connectivity index (χ1v) is 21.7. The lowest BCUT2D eigenvalue weighted by Crippen LogP contribution is -2.42. The topological polar surface area (TPSA) is 35.5 Å². The highest BCUT2D eigenvalue weighted by atomic mass is 28.4. The van der Waals surface area contributed by atoms with Crippen molar-refractivity contribution in [2.75, 3.05) is 0 Å². The molecule has 0 heterocycles. The minimum Gasteiger partial charge on any atom is -0.489 e. The van der Waals surface area contributed by atoms with Gasteiger partial charge in [0.15, 0.2) is 14.1 Å². The van der Waals surface area contributed by atoms with Gasteiger partial charge >= 0.3 is 0 Å². The normalized spacial score (nSPS) is 12.5. The maximum atomic E-state index is 13.3. The van der Waals surface area contributed by atoms with Crippen molar-refractivity contribution in [2.45, 2.75) is 174 Å². The number of unbranched alkanes of at least 4 members (excludes halogenated alkanes) is 12. The van der Waals surface area contributed by atoms with Gasteiger partial charge in [-0.15, -0.1) is 0 Å². The minimum atomic E-state index is -1.85. The summed E-state index contributed by atoms with van der Waals surface area (Å²) in [5.74, 6) is 1.01. The van der Waals surface area contributed by atoms with Gasteiger partial charge in [-0.1, -0.05) is 179 Å². The minimum absolute atomic E-state index is 0.0509.